The number of nitrogens with zero attached hydrogens (tertiary/aromatic N) is 1. The molecular formula is C49H70N2O13. The number of aromatic hydroxyl groups is 3. The second-order valence-corrected chi connectivity index (χ2v) is 17.5. The molecular weight excluding hydrogens is 825 g/mol. The van der Waals surface area contributed by atoms with E-state index < -0.39 is 88.8 Å². The van der Waals surface area contributed by atoms with Crippen LogP contribution in [0.2, 0.25) is 0 Å². The maximum atomic E-state index is 14.5. The number of carbonyl (C=O) groups excluding carboxylic acids is 3. The average Bonchev–Trinajstić information content (AvgIpc) is 3.52. The lowest BCUT2D eigenvalue weighted by Gasteiger charge is -2.38. The molecule has 0 saturated carbocycles. The monoisotopic (exact) mass is 894 g/mol. The number of aliphatic hydroxyl groups is 2. The molecule has 3 aliphatic heterocycles. The Morgan fingerprint density at radius 3 is 2.14 bits per heavy atom. The highest BCUT2D eigenvalue weighted by atomic mass is 16.7. The smallest absolute Gasteiger partial charge is 0.312 e. The first kappa shape index (κ1) is 51.5. The molecule has 3 heterocycles. The number of Topliss-reactive ketones (excluding diaryl/α,β-unsaturated/α-hetero) is 1. The number of phenolic OH excluding ortho intramolecular Hbond substituents is 3. The first-order valence-corrected chi connectivity index (χ1v) is 22.6. The summed E-state index contributed by atoms with van der Waals surface area (Å²) in [6.07, 6.45) is 14.6. The van der Waals surface area contributed by atoms with Crippen LogP contribution in [0, 0.1) is 30.6 Å². The molecule has 15 heteroatoms. The van der Waals surface area contributed by atoms with Crippen LogP contribution in [-0.2, 0) is 28.6 Å². The number of fused-ring (bicyclic) bond motifs is 14. The molecule has 1 amide bonds. The topological polar surface area (TPSA) is 223 Å². The molecule has 64 heavy (non-hydrogen) atoms. The molecule has 0 unspecified atom stereocenters. The number of phenols is 3. The van der Waals surface area contributed by atoms with E-state index in [-0.39, 0.29) is 51.1 Å². The van der Waals surface area contributed by atoms with Gasteiger partial charge in [0.1, 0.15) is 30.0 Å². The minimum absolute atomic E-state index is 0.0438. The number of ketones is 1. The van der Waals surface area contributed by atoms with Gasteiger partial charge in [0.05, 0.1) is 53.0 Å². The van der Waals surface area contributed by atoms with Crippen LogP contribution in [0.3, 0.4) is 0 Å². The molecule has 2 aromatic carbocycles. The number of rotatable bonds is 14. The second-order valence-electron chi connectivity index (χ2n) is 17.5. The van der Waals surface area contributed by atoms with Gasteiger partial charge in [0.25, 0.3) is 11.7 Å². The van der Waals surface area contributed by atoms with Gasteiger partial charge < -0.3 is 54.6 Å². The van der Waals surface area contributed by atoms with E-state index in [4.69, 9.17) is 23.8 Å². The molecule has 354 valence electrons. The summed E-state index contributed by atoms with van der Waals surface area (Å²) in [5, 5.41) is 64.6. The molecule has 2 aromatic rings. The number of nitrogens with one attached hydrogen (secondary N) is 1. The van der Waals surface area contributed by atoms with E-state index in [2.05, 4.69) is 17.4 Å². The van der Waals surface area contributed by atoms with Crippen LogP contribution in [0.1, 0.15) is 135 Å². The van der Waals surface area contributed by atoms with E-state index in [0.717, 1.165) is 31.9 Å². The molecule has 0 aliphatic carbocycles. The second kappa shape index (κ2) is 23.2. The van der Waals surface area contributed by atoms with E-state index in [9.17, 15) is 39.9 Å². The Morgan fingerprint density at radius 2 is 1.52 bits per heavy atom. The lowest BCUT2D eigenvalue weighted by molar-refractivity contribution is -0.160. The van der Waals surface area contributed by atoms with Crippen molar-refractivity contribution >= 4 is 40.3 Å². The predicted molar refractivity (Wildman–Crippen MR) is 245 cm³/mol. The van der Waals surface area contributed by atoms with Gasteiger partial charge in [0, 0.05) is 61.2 Å². The summed E-state index contributed by atoms with van der Waals surface area (Å²) in [6, 6.07) is 0. The van der Waals surface area contributed by atoms with Crippen molar-refractivity contribution in [1.29, 1.82) is 0 Å². The number of benzene rings is 2. The standard InChI is InChI=1S/C49H70N2O13/c1-11-12-13-14-15-16-17-18-19-24-62-50-26-34-39-44(57)37-36(43(34)56)38-46(32(7)42(37)55)64-49(9,47(38)58)61-25-23-35(60-10)29(4)45(63-33(8)52)31(6)41(54)30(5)40(53)27(2)21-20-22-28(3)48(59)51-39/h20-23,25-27,29-31,35,40-41,45,53-57H,11-19,24H2,1-10H3,(H,51,59)/t27-,29-,30+,31+,35-,40-,41+,45-,49-/m0/s1. The zero-order chi connectivity index (χ0) is 47.5. The van der Waals surface area contributed by atoms with Crippen LogP contribution in [0.15, 0.2) is 41.3 Å². The van der Waals surface area contributed by atoms with Gasteiger partial charge >= 0.3 is 11.8 Å². The van der Waals surface area contributed by atoms with Crippen molar-refractivity contribution in [3.05, 3.63) is 52.8 Å². The maximum absolute atomic E-state index is 14.5. The quantitative estimate of drug-likeness (QED) is 0.0261. The van der Waals surface area contributed by atoms with E-state index >= 15 is 0 Å². The first-order valence-electron chi connectivity index (χ1n) is 22.6. The van der Waals surface area contributed by atoms with Gasteiger partial charge in [-0.25, -0.2) is 0 Å². The van der Waals surface area contributed by atoms with E-state index in [1.54, 1.807) is 39.8 Å². The first-order chi connectivity index (χ1) is 30.3. The van der Waals surface area contributed by atoms with Gasteiger partial charge in [-0.1, -0.05) is 103 Å². The molecule has 3 aliphatic rings. The largest absolute Gasteiger partial charge is 0.507 e. The maximum Gasteiger partial charge on any atom is 0.312 e. The Morgan fingerprint density at radius 1 is 0.875 bits per heavy atom. The van der Waals surface area contributed by atoms with Crippen LogP contribution in [0.25, 0.3) is 10.8 Å². The number of hydrogen-bond donors (Lipinski definition) is 6. The van der Waals surface area contributed by atoms with Crippen molar-refractivity contribution in [2.75, 3.05) is 19.0 Å². The Kier molecular flexibility index (Phi) is 18.7. The summed E-state index contributed by atoms with van der Waals surface area (Å²) in [7, 11) is 1.44. The Bertz CT molecular complexity index is 2090. The molecule has 9 atom stereocenters. The van der Waals surface area contributed by atoms with Gasteiger partial charge in [-0.3, -0.25) is 14.4 Å². The average molecular weight is 895 g/mol. The fourth-order valence-corrected chi connectivity index (χ4v) is 8.49. The number of anilines is 1. The minimum atomic E-state index is -2.06. The SMILES string of the molecule is CCCCCCCCCCCON=Cc1c2c(O)c3c(O)c(C)c4c(c3c1O)C(=O)[C@@](C)(OC=C[C@H](OC)[C@H](C)[C@H](OC(C)=O)[C@H](C)[C@H](O)[C@H](C)[C@@H](O)[C@@H](C)C=CC=C(C)C(=O)N2)O4. The fourth-order valence-electron chi connectivity index (χ4n) is 8.49. The summed E-state index contributed by atoms with van der Waals surface area (Å²) in [4.78, 5) is 46.1. The zero-order valence-corrected chi connectivity index (χ0v) is 39.1. The Balaban J connectivity index is 1.82. The highest BCUT2D eigenvalue weighted by molar-refractivity contribution is 6.23. The summed E-state index contributed by atoms with van der Waals surface area (Å²) in [6.45, 7) is 15.0. The number of carbonyl (C=O) groups is 3. The highest BCUT2D eigenvalue weighted by Gasteiger charge is 2.50. The van der Waals surface area contributed by atoms with Gasteiger partial charge in [0.15, 0.2) is 5.75 Å². The van der Waals surface area contributed by atoms with Gasteiger partial charge in [-0.15, -0.1) is 0 Å². The number of oxime groups is 1. The van der Waals surface area contributed by atoms with Crippen molar-refractivity contribution in [3.8, 4) is 23.0 Å². The van der Waals surface area contributed by atoms with Crippen LogP contribution in [-0.4, -0.2) is 93.3 Å². The molecule has 6 N–H and O–H groups in total. The van der Waals surface area contributed by atoms with Crippen molar-refractivity contribution in [2.24, 2.45) is 28.8 Å². The van der Waals surface area contributed by atoms with Crippen LogP contribution in [0.5, 0.6) is 23.0 Å². The number of amides is 1. The molecule has 5 bridgehead atoms. The highest BCUT2D eigenvalue weighted by Crippen LogP contribution is 2.55. The molecule has 15 nitrogen and oxygen atoms in total. The zero-order valence-electron chi connectivity index (χ0n) is 39.1. The van der Waals surface area contributed by atoms with Gasteiger partial charge in [-0.05, 0) is 32.8 Å². The molecule has 0 saturated heterocycles. The van der Waals surface area contributed by atoms with Crippen molar-refractivity contribution < 1.29 is 63.7 Å². The number of ether oxygens (including phenoxy) is 4. The van der Waals surface area contributed by atoms with Crippen LogP contribution < -0.4 is 10.1 Å². The van der Waals surface area contributed by atoms with Crippen molar-refractivity contribution in [3.63, 3.8) is 0 Å². The number of allylic oxidation sites excluding steroid dienone is 2. The number of unbranched alkanes of at least 4 members (excludes halogenated alkanes) is 8. The van der Waals surface area contributed by atoms with E-state index in [0.29, 0.717) is 0 Å². The number of esters is 1. The minimum Gasteiger partial charge on any atom is -0.507 e. The van der Waals surface area contributed by atoms with E-state index in [1.165, 1.54) is 85.3 Å². The predicted octanol–water partition coefficient (Wildman–Crippen LogP) is 8.64. The summed E-state index contributed by atoms with van der Waals surface area (Å²) >= 11 is 0. The lowest BCUT2D eigenvalue weighted by Crippen LogP contribution is -2.46. The fraction of sp³-hybridized carbons (Fsp3) is 0.592. The number of methoxy groups -OCH3 is 1. The summed E-state index contributed by atoms with van der Waals surface area (Å²) < 4.78 is 23.6. The molecule has 0 aromatic heterocycles. The van der Waals surface area contributed by atoms with Crippen LogP contribution >= 0.6 is 0 Å². The molecule has 0 spiro atoms. The van der Waals surface area contributed by atoms with E-state index in [1.807, 2.05) is 0 Å². The third-order valence-corrected chi connectivity index (χ3v) is 12.6. The molecule has 0 fully saturated rings. The summed E-state index contributed by atoms with van der Waals surface area (Å²) in [5.41, 5.74) is -0.530. The van der Waals surface area contributed by atoms with Crippen LogP contribution in [0.4, 0.5) is 5.69 Å². The van der Waals surface area contributed by atoms with Crippen molar-refractivity contribution in [2.45, 2.75) is 150 Å². The number of hydrogen-bond acceptors (Lipinski definition) is 14. The van der Waals surface area contributed by atoms with Gasteiger partial charge in [0.2, 0.25) is 0 Å². The lowest BCUT2D eigenvalue weighted by atomic mass is 9.78. The normalized spacial score (nSPS) is 26.8. The molecule has 0 radical (unpaired) electrons. The third-order valence-electron chi connectivity index (χ3n) is 12.6. The molecule has 5 rings (SSSR count). The third kappa shape index (κ3) is 11.8. The van der Waals surface area contributed by atoms with Crippen molar-refractivity contribution in [1.82, 2.24) is 0 Å². The summed E-state index contributed by atoms with van der Waals surface area (Å²) in [5.74, 6) is -8.54. The Hall–Kier alpha value is -5.12. The number of aliphatic hydroxyl groups excluding tert-OH is 2. The Labute approximate surface area is 377 Å². The van der Waals surface area contributed by atoms with Gasteiger partial charge in [-0.2, -0.15) is 0 Å².